The van der Waals surface area contributed by atoms with Crippen LogP contribution in [0.4, 0.5) is 0 Å². The van der Waals surface area contributed by atoms with Crippen LogP contribution >= 0.6 is 0 Å². The number of ether oxygens (including phenoxy) is 4. The molecule has 1 fully saturated rings. The number of rotatable bonds is 10. The second kappa shape index (κ2) is 11.2. The van der Waals surface area contributed by atoms with Crippen molar-refractivity contribution in [1.82, 2.24) is 5.32 Å². The summed E-state index contributed by atoms with van der Waals surface area (Å²) in [5, 5.41) is 2.56. The van der Waals surface area contributed by atoms with Gasteiger partial charge in [0.1, 0.15) is 12.4 Å². The maximum absolute atomic E-state index is 12.4. The van der Waals surface area contributed by atoms with Gasteiger partial charge in [0.2, 0.25) is 0 Å². The number of hydrogen-bond donors (Lipinski definition) is 1. The maximum atomic E-state index is 12.4. The number of esters is 1. The number of sulfone groups is 1. The number of nitrogens with one attached hydrogen (secondary N) is 1. The predicted octanol–water partition coefficient (Wildman–Crippen LogP) is 1.95. The monoisotopic (exact) mass is 505 g/mol. The van der Waals surface area contributed by atoms with Gasteiger partial charge in [-0.3, -0.25) is 9.59 Å². The van der Waals surface area contributed by atoms with Crippen LogP contribution in [0.3, 0.4) is 0 Å². The number of carbonyl (C=O) groups excluding carboxylic acids is 3. The molecule has 3 rings (SSSR count). The zero-order valence-corrected chi connectivity index (χ0v) is 20.5. The lowest BCUT2D eigenvalue weighted by molar-refractivity contribution is -0.124. The molecule has 0 bridgehead atoms. The van der Waals surface area contributed by atoms with Gasteiger partial charge in [-0.05, 0) is 37.6 Å². The van der Waals surface area contributed by atoms with Gasteiger partial charge in [-0.15, -0.1) is 0 Å². The minimum absolute atomic E-state index is 0.0302. The summed E-state index contributed by atoms with van der Waals surface area (Å²) in [6.45, 7) is 1.06. The van der Waals surface area contributed by atoms with Crippen molar-refractivity contribution in [2.24, 2.45) is 0 Å². The molecule has 0 spiro atoms. The van der Waals surface area contributed by atoms with Crippen LogP contribution in [0.2, 0.25) is 0 Å². The highest BCUT2D eigenvalue weighted by Gasteiger charge is 2.29. The Kier molecular flexibility index (Phi) is 8.34. The summed E-state index contributed by atoms with van der Waals surface area (Å²) in [7, 11) is -0.209. The summed E-state index contributed by atoms with van der Waals surface area (Å²) in [5.74, 6) is -0.334. The van der Waals surface area contributed by atoms with E-state index in [9.17, 15) is 22.8 Å². The quantitative estimate of drug-likeness (QED) is 0.380. The van der Waals surface area contributed by atoms with Crippen molar-refractivity contribution in [2.75, 3.05) is 32.3 Å². The molecule has 1 N–H and O–H groups in total. The number of benzene rings is 2. The van der Waals surface area contributed by atoms with Crippen LogP contribution in [-0.2, 0) is 26.0 Å². The van der Waals surface area contributed by atoms with Crippen LogP contribution in [0.15, 0.2) is 36.4 Å². The number of carbonyl (C=O) groups is 3. The van der Waals surface area contributed by atoms with Crippen LogP contribution in [0.1, 0.15) is 39.6 Å². The summed E-state index contributed by atoms with van der Waals surface area (Å²) >= 11 is 0. The summed E-state index contributed by atoms with van der Waals surface area (Å²) < 4.78 is 44.5. The summed E-state index contributed by atoms with van der Waals surface area (Å²) in [5.41, 5.74) is 1.38. The Labute approximate surface area is 203 Å². The highest BCUT2D eigenvalue weighted by molar-refractivity contribution is 7.91. The molecule has 0 aliphatic carbocycles. The SMILES string of the molecule is COc1cc(C(C)=O)ccc1COc1ccc(C(=O)OCC(=O)N[C@H]2CCS(=O)(=O)C2)cc1OC. The van der Waals surface area contributed by atoms with Crippen molar-refractivity contribution in [1.29, 1.82) is 0 Å². The van der Waals surface area contributed by atoms with Gasteiger partial charge in [0, 0.05) is 17.2 Å². The molecule has 0 unspecified atom stereocenters. The third kappa shape index (κ3) is 6.95. The van der Waals surface area contributed by atoms with Crippen LogP contribution < -0.4 is 19.5 Å². The number of amides is 1. The number of hydrogen-bond acceptors (Lipinski definition) is 9. The maximum Gasteiger partial charge on any atom is 0.338 e. The Balaban J connectivity index is 1.59. The normalized spacial score (nSPS) is 16.3. The van der Waals surface area contributed by atoms with E-state index in [4.69, 9.17) is 18.9 Å². The number of methoxy groups -OCH3 is 2. The molecule has 0 aromatic heterocycles. The van der Waals surface area contributed by atoms with Gasteiger partial charge in [0.15, 0.2) is 33.7 Å². The third-order valence-electron chi connectivity index (χ3n) is 5.41. The van der Waals surface area contributed by atoms with E-state index in [1.807, 2.05) is 0 Å². The molecule has 1 aliphatic heterocycles. The first-order valence-electron chi connectivity index (χ1n) is 10.8. The number of ketones is 1. The fourth-order valence-electron chi connectivity index (χ4n) is 3.54. The van der Waals surface area contributed by atoms with Gasteiger partial charge in [0.05, 0.1) is 31.3 Å². The van der Waals surface area contributed by atoms with E-state index in [-0.39, 0.29) is 35.2 Å². The average Bonchev–Trinajstić information content (AvgIpc) is 3.18. The first-order valence-corrected chi connectivity index (χ1v) is 12.6. The summed E-state index contributed by atoms with van der Waals surface area (Å²) in [6, 6.07) is 9.02. The Morgan fingerprint density at radius 2 is 1.66 bits per heavy atom. The van der Waals surface area contributed by atoms with Gasteiger partial charge in [-0.1, -0.05) is 12.1 Å². The van der Waals surface area contributed by atoms with E-state index in [2.05, 4.69) is 5.32 Å². The van der Waals surface area contributed by atoms with Gasteiger partial charge in [0.25, 0.3) is 5.91 Å². The molecule has 11 heteroatoms. The zero-order valence-electron chi connectivity index (χ0n) is 19.7. The van der Waals surface area contributed by atoms with Gasteiger partial charge < -0.3 is 24.3 Å². The van der Waals surface area contributed by atoms with E-state index in [1.165, 1.54) is 39.3 Å². The second-order valence-electron chi connectivity index (χ2n) is 7.98. The minimum Gasteiger partial charge on any atom is -0.496 e. The fourth-order valence-corrected chi connectivity index (χ4v) is 5.22. The largest absolute Gasteiger partial charge is 0.496 e. The van der Waals surface area contributed by atoms with E-state index in [0.717, 1.165) is 0 Å². The van der Waals surface area contributed by atoms with Crippen molar-refractivity contribution in [3.05, 3.63) is 53.1 Å². The Morgan fingerprint density at radius 3 is 2.29 bits per heavy atom. The molecular formula is C24H27NO9S. The molecule has 0 saturated carbocycles. The average molecular weight is 506 g/mol. The molecule has 1 saturated heterocycles. The smallest absolute Gasteiger partial charge is 0.338 e. The van der Waals surface area contributed by atoms with Gasteiger partial charge in [-0.2, -0.15) is 0 Å². The standard InChI is InChI=1S/C24H27NO9S/c1-15(26)16-4-5-18(21(10-16)31-2)12-33-20-7-6-17(11-22(20)32-3)24(28)34-13-23(27)25-19-8-9-35(29,30)14-19/h4-7,10-11,19H,8-9,12-14H2,1-3H3,(H,25,27)/t19-/m0/s1. The third-order valence-corrected chi connectivity index (χ3v) is 7.18. The van der Waals surface area contributed by atoms with E-state index < -0.39 is 34.4 Å². The second-order valence-corrected chi connectivity index (χ2v) is 10.2. The molecule has 188 valence electrons. The first kappa shape index (κ1) is 26.0. The Bertz CT molecular complexity index is 1220. The molecule has 35 heavy (non-hydrogen) atoms. The Hall–Kier alpha value is -3.60. The predicted molar refractivity (Wildman–Crippen MR) is 126 cm³/mol. The molecule has 2 aromatic carbocycles. The fraction of sp³-hybridized carbons (Fsp3) is 0.375. The van der Waals surface area contributed by atoms with Crippen molar-refractivity contribution >= 4 is 27.5 Å². The van der Waals surface area contributed by atoms with Crippen molar-refractivity contribution in [3.63, 3.8) is 0 Å². The van der Waals surface area contributed by atoms with Crippen LogP contribution in [0.25, 0.3) is 0 Å². The van der Waals surface area contributed by atoms with Crippen molar-refractivity contribution in [3.8, 4) is 17.2 Å². The topological polar surface area (TPSA) is 134 Å². The molecule has 1 amide bonds. The molecule has 2 aromatic rings. The lowest BCUT2D eigenvalue weighted by Gasteiger charge is -2.14. The van der Waals surface area contributed by atoms with Crippen LogP contribution in [0, 0.1) is 0 Å². The van der Waals surface area contributed by atoms with Gasteiger partial charge in [-0.25, -0.2) is 13.2 Å². The van der Waals surface area contributed by atoms with Gasteiger partial charge >= 0.3 is 5.97 Å². The molecule has 10 nitrogen and oxygen atoms in total. The number of Topliss-reactive ketones (excluding diaryl/α,β-unsaturated/α-hetero) is 1. The summed E-state index contributed by atoms with van der Waals surface area (Å²) in [6.07, 6.45) is 0.341. The first-order chi connectivity index (χ1) is 16.6. The van der Waals surface area contributed by atoms with E-state index in [0.29, 0.717) is 29.0 Å². The highest BCUT2D eigenvalue weighted by Crippen LogP contribution is 2.30. The highest BCUT2D eigenvalue weighted by atomic mass is 32.2. The molecule has 1 heterocycles. The zero-order chi connectivity index (χ0) is 25.6. The van der Waals surface area contributed by atoms with E-state index >= 15 is 0 Å². The molecule has 1 atom stereocenters. The van der Waals surface area contributed by atoms with Crippen molar-refractivity contribution < 1.29 is 41.7 Å². The molecule has 0 radical (unpaired) electrons. The van der Waals surface area contributed by atoms with E-state index in [1.54, 1.807) is 18.2 Å². The summed E-state index contributed by atoms with van der Waals surface area (Å²) in [4.78, 5) is 36.0. The lowest BCUT2D eigenvalue weighted by Crippen LogP contribution is -2.38. The Morgan fingerprint density at radius 1 is 0.971 bits per heavy atom. The van der Waals surface area contributed by atoms with Crippen LogP contribution in [0.5, 0.6) is 17.2 Å². The minimum atomic E-state index is -3.13. The molecular weight excluding hydrogens is 478 g/mol. The van der Waals surface area contributed by atoms with Crippen molar-refractivity contribution in [2.45, 2.75) is 26.0 Å². The van der Waals surface area contributed by atoms with Crippen LogP contribution in [-0.4, -0.2) is 64.5 Å². The molecule has 1 aliphatic rings. The lowest BCUT2D eigenvalue weighted by atomic mass is 10.1.